The van der Waals surface area contributed by atoms with E-state index in [0.717, 1.165) is 0 Å². The molecule has 0 aliphatic carbocycles. The van der Waals surface area contributed by atoms with Gasteiger partial charge in [0.15, 0.2) is 0 Å². The number of hydrogen-bond acceptors (Lipinski definition) is 1. The molecule has 0 saturated carbocycles. The summed E-state index contributed by atoms with van der Waals surface area (Å²) in [6, 6.07) is 8.77. The van der Waals surface area contributed by atoms with Gasteiger partial charge in [-0.3, -0.25) is 0 Å². The second-order valence-corrected chi connectivity index (χ2v) is 4.65. The van der Waals surface area contributed by atoms with Crippen molar-refractivity contribution in [3.63, 3.8) is 0 Å². The Kier molecular flexibility index (Phi) is 4.17. The van der Waals surface area contributed by atoms with Crippen LogP contribution in [0.5, 0.6) is 0 Å². The van der Waals surface area contributed by atoms with Crippen LogP contribution in [0.2, 0.25) is 0 Å². The molecule has 0 atom stereocenters. The summed E-state index contributed by atoms with van der Waals surface area (Å²) >= 11 is 0. The van der Waals surface area contributed by atoms with Crippen LogP contribution in [-0.2, 0) is 6.42 Å². The molecule has 16 heavy (non-hydrogen) atoms. The number of aryl methyl sites for hydroxylation is 1. The van der Waals surface area contributed by atoms with Gasteiger partial charge in [0.1, 0.15) is 0 Å². The van der Waals surface area contributed by atoms with Gasteiger partial charge < -0.3 is 4.90 Å². The van der Waals surface area contributed by atoms with Crippen LogP contribution in [0.25, 0.3) is 6.08 Å². The molecular formula is C15H21N. The second kappa shape index (κ2) is 5.86. The van der Waals surface area contributed by atoms with E-state index in [2.05, 4.69) is 48.4 Å². The van der Waals surface area contributed by atoms with Gasteiger partial charge in [-0.1, -0.05) is 36.4 Å². The van der Waals surface area contributed by atoms with Gasteiger partial charge in [0.05, 0.1) is 0 Å². The first kappa shape index (κ1) is 11.4. The van der Waals surface area contributed by atoms with Crippen LogP contribution in [0, 0.1) is 0 Å². The highest BCUT2D eigenvalue weighted by molar-refractivity contribution is 5.53. The first-order chi connectivity index (χ1) is 7.86. The Morgan fingerprint density at radius 3 is 2.81 bits per heavy atom. The normalized spacial score (nSPS) is 20.8. The first-order valence-corrected chi connectivity index (χ1v) is 6.29. The van der Waals surface area contributed by atoms with Crippen LogP contribution in [0.4, 0.5) is 0 Å². The fourth-order valence-electron chi connectivity index (χ4n) is 2.27. The van der Waals surface area contributed by atoms with E-state index in [4.69, 9.17) is 0 Å². The fourth-order valence-corrected chi connectivity index (χ4v) is 2.27. The summed E-state index contributed by atoms with van der Waals surface area (Å²) in [5, 5.41) is 0. The molecule has 1 aliphatic rings. The van der Waals surface area contributed by atoms with Crippen LogP contribution in [0.15, 0.2) is 30.3 Å². The fraction of sp³-hybridized carbons (Fsp3) is 0.467. The molecule has 0 spiro atoms. The van der Waals surface area contributed by atoms with E-state index in [9.17, 15) is 0 Å². The molecule has 0 amide bonds. The van der Waals surface area contributed by atoms with E-state index in [1.54, 1.807) is 0 Å². The lowest BCUT2D eigenvalue weighted by atomic mass is 10.0. The first-order valence-electron chi connectivity index (χ1n) is 6.29. The van der Waals surface area contributed by atoms with Crippen molar-refractivity contribution < 1.29 is 0 Å². The summed E-state index contributed by atoms with van der Waals surface area (Å²) in [4.78, 5) is 2.45. The largest absolute Gasteiger partial charge is 0.306 e. The standard InChI is InChI=1S/C15H21N/c1-16-12-6-2-3-8-14-9-4-5-10-15(14)11-7-13-16/h3-5,8-10H,2,6-7,11-13H2,1H3/b8-3-. The van der Waals surface area contributed by atoms with Crippen molar-refractivity contribution in [2.24, 2.45) is 0 Å². The predicted octanol–water partition coefficient (Wildman–Crippen LogP) is 3.36. The molecule has 0 bridgehead atoms. The molecule has 0 unspecified atom stereocenters. The number of hydrogen-bond donors (Lipinski definition) is 0. The van der Waals surface area contributed by atoms with E-state index in [1.807, 2.05) is 0 Å². The smallest absolute Gasteiger partial charge is 0.00186 e. The van der Waals surface area contributed by atoms with E-state index < -0.39 is 0 Å². The molecule has 1 aromatic carbocycles. The van der Waals surface area contributed by atoms with Crippen molar-refractivity contribution in [2.45, 2.75) is 25.7 Å². The molecule has 0 saturated heterocycles. The maximum absolute atomic E-state index is 2.45. The highest BCUT2D eigenvalue weighted by Crippen LogP contribution is 2.14. The summed E-state index contributed by atoms with van der Waals surface area (Å²) in [6.07, 6.45) is 9.54. The number of rotatable bonds is 0. The van der Waals surface area contributed by atoms with Crippen LogP contribution in [-0.4, -0.2) is 25.0 Å². The Morgan fingerprint density at radius 2 is 1.88 bits per heavy atom. The lowest BCUT2D eigenvalue weighted by molar-refractivity contribution is 0.326. The van der Waals surface area contributed by atoms with E-state index in [-0.39, 0.29) is 0 Å². The summed E-state index contributed by atoms with van der Waals surface area (Å²) in [6.45, 7) is 2.44. The molecule has 1 heteroatoms. The molecule has 2 rings (SSSR count). The quantitative estimate of drug-likeness (QED) is 0.641. The van der Waals surface area contributed by atoms with Crippen molar-refractivity contribution >= 4 is 6.08 Å². The third-order valence-electron chi connectivity index (χ3n) is 3.25. The topological polar surface area (TPSA) is 3.24 Å². The summed E-state index contributed by atoms with van der Waals surface area (Å²) < 4.78 is 0. The zero-order valence-corrected chi connectivity index (χ0v) is 10.2. The third kappa shape index (κ3) is 3.21. The van der Waals surface area contributed by atoms with Crippen molar-refractivity contribution in [3.05, 3.63) is 41.5 Å². The average Bonchev–Trinajstić information content (AvgIpc) is 2.33. The molecule has 0 N–H and O–H groups in total. The highest BCUT2D eigenvalue weighted by Gasteiger charge is 2.02. The minimum Gasteiger partial charge on any atom is -0.306 e. The van der Waals surface area contributed by atoms with Gasteiger partial charge >= 0.3 is 0 Å². The third-order valence-corrected chi connectivity index (χ3v) is 3.25. The second-order valence-electron chi connectivity index (χ2n) is 4.65. The molecule has 1 heterocycles. The molecule has 0 fully saturated rings. The molecule has 1 aliphatic heterocycles. The van der Waals surface area contributed by atoms with Crippen molar-refractivity contribution in [2.75, 3.05) is 20.1 Å². The van der Waals surface area contributed by atoms with Crippen molar-refractivity contribution in [1.29, 1.82) is 0 Å². The van der Waals surface area contributed by atoms with Gasteiger partial charge in [-0.15, -0.1) is 0 Å². The Labute approximate surface area is 98.8 Å². The van der Waals surface area contributed by atoms with Crippen LogP contribution in [0.3, 0.4) is 0 Å². The monoisotopic (exact) mass is 215 g/mol. The van der Waals surface area contributed by atoms with Gasteiger partial charge in [-0.05, 0) is 56.9 Å². The molecule has 0 radical (unpaired) electrons. The summed E-state index contributed by atoms with van der Waals surface area (Å²) in [5.74, 6) is 0. The molecule has 0 aromatic heterocycles. The summed E-state index contributed by atoms with van der Waals surface area (Å²) in [7, 11) is 2.23. The molecule has 86 valence electrons. The highest BCUT2D eigenvalue weighted by atomic mass is 15.1. The van der Waals surface area contributed by atoms with E-state index >= 15 is 0 Å². The van der Waals surface area contributed by atoms with Gasteiger partial charge in [-0.25, -0.2) is 0 Å². The minimum absolute atomic E-state index is 1.19. The Balaban J connectivity index is 2.13. The zero-order chi connectivity index (χ0) is 11.2. The van der Waals surface area contributed by atoms with Crippen LogP contribution in [0.1, 0.15) is 30.4 Å². The Bertz CT molecular complexity index is 354. The van der Waals surface area contributed by atoms with Gasteiger partial charge in [0.25, 0.3) is 0 Å². The minimum atomic E-state index is 1.19. The maximum atomic E-state index is 2.45. The molecule has 1 aromatic rings. The van der Waals surface area contributed by atoms with Gasteiger partial charge in [0, 0.05) is 0 Å². The van der Waals surface area contributed by atoms with Crippen molar-refractivity contribution in [3.8, 4) is 0 Å². The average molecular weight is 215 g/mol. The number of fused-ring (bicyclic) bond motifs is 1. The lowest BCUT2D eigenvalue weighted by Gasteiger charge is -2.15. The number of nitrogens with zero attached hydrogens (tertiary/aromatic N) is 1. The lowest BCUT2D eigenvalue weighted by Crippen LogP contribution is -2.21. The zero-order valence-electron chi connectivity index (χ0n) is 10.2. The Morgan fingerprint density at radius 1 is 1.06 bits per heavy atom. The van der Waals surface area contributed by atoms with Gasteiger partial charge in [0.2, 0.25) is 0 Å². The maximum Gasteiger partial charge on any atom is -0.00186 e. The SMILES string of the molecule is CN1CCC/C=C\c2ccccc2CCC1. The van der Waals surface area contributed by atoms with Crippen molar-refractivity contribution in [1.82, 2.24) is 4.90 Å². The number of benzene rings is 1. The predicted molar refractivity (Wildman–Crippen MR) is 70.5 cm³/mol. The summed E-state index contributed by atoms with van der Waals surface area (Å²) in [5.41, 5.74) is 2.90. The van der Waals surface area contributed by atoms with E-state index in [1.165, 1.54) is 49.9 Å². The number of allylic oxidation sites excluding steroid dienone is 1. The van der Waals surface area contributed by atoms with Crippen LogP contribution >= 0.6 is 0 Å². The van der Waals surface area contributed by atoms with Crippen LogP contribution < -0.4 is 0 Å². The van der Waals surface area contributed by atoms with E-state index in [0.29, 0.717) is 0 Å². The molecular weight excluding hydrogens is 194 g/mol. The molecule has 1 nitrogen and oxygen atoms in total. The Hall–Kier alpha value is -1.08. The van der Waals surface area contributed by atoms with Gasteiger partial charge in [-0.2, -0.15) is 0 Å².